The number of hydrogen-bond acceptors (Lipinski definition) is 6. The Morgan fingerprint density at radius 3 is 2.69 bits per heavy atom. The van der Waals surface area contributed by atoms with Gasteiger partial charge in [0.05, 0.1) is 5.69 Å². The lowest BCUT2D eigenvalue weighted by Crippen LogP contribution is -2.52. The van der Waals surface area contributed by atoms with Crippen molar-refractivity contribution in [3.63, 3.8) is 0 Å². The molecule has 2 N–H and O–H groups in total. The summed E-state index contributed by atoms with van der Waals surface area (Å²) in [6, 6.07) is 6.85. The summed E-state index contributed by atoms with van der Waals surface area (Å²) >= 11 is 0. The lowest BCUT2D eigenvalue weighted by atomic mass is 10.0. The number of benzene rings is 1. The Labute approximate surface area is 188 Å². The lowest BCUT2D eigenvalue weighted by molar-refractivity contribution is 0.227. The van der Waals surface area contributed by atoms with Crippen LogP contribution < -0.4 is 20.4 Å². The molecule has 1 aromatic carbocycles. The fraction of sp³-hybridized carbons (Fsp3) is 0.522. The van der Waals surface area contributed by atoms with Crippen molar-refractivity contribution in [1.29, 1.82) is 0 Å². The van der Waals surface area contributed by atoms with Crippen molar-refractivity contribution in [3.8, 4) is 0 Å². The van der Waals surface area contributed by atoms with Gasteiger partial charge in [-0.25, -0.2) is 19.2 Å². The maximum atomic E-state index is 14.3. The van der Waals surface area contributed by atoms with Crippen molar-refractivity contribution in [2.24, 2.45) is 0 Å². The van der Waals surface area contributed by atoms with Crippen molar-refractivity contribution in [2.45, 2.75) is 25.8 Å². The van der Waals surface area contributed by atoms with Crippen LogP contribution in [0.2, 0.25) is 0 Å². The number of urea groups is 1. The first kappa shape index (κ1) is 22.3. The topological polar surface area (TPSA) is 76.6 Å². The normalized spacial score (nSPS) is 19.6. The zero-order valence-corrected chi connectivity index (χ0v) is 18.6. The second kappa shape index (κ2) is 10.6. The molecule has 0 aliphatic carbocycles. The Balaban J connectivity index is 1.16. The number of aryl methyl sites for hydroxylation is 1. The van der Waals surface area contributed by atoms with Gasteiger partial charge in [-0.3, -0.25) is 4.90 Å². The molecule has 1 unspecified atom stereocenters. The molecule has 3 heterocycles. The summed E-state index contributed by atoms with van der Waals surface area (Å²) in [5.74, 6) is 0.566. The minimum absolute atomic E-state index is 0.0121. The average Bonchev–Trinajstić information content (AvgIpc) is 2.82. The van der Waals surface area contributed by atoms with E-state index >= 15 is 0 Å². The molecule has 8 nitrogen and oxygen atoms in total. The van der Waals surface area contributed by atoms with Crippen molar-refractivity contribution in [1.82, 2.24) is 25.5 Å². The van der Waals surface area contributed by atoms with Gasteiger partial charge in [-0.15, -0.1) is 0 Å². The van der Waals surface area contributed by atoms with E-state index in [4.69, 9.17) is 0 Å². The summed E-state index contributed by atoms with van der Waals surface area (Å²) in [6.07, 6.45) is 5.36. The largest absolute Gasteiger partial charge is 0.367 e. The summed E-state index contributed by atoms with van der Waals surface area (Å²) in [7, 11) is 0. The molecule has 2 saturated heterocycles. The van der Waals surface area contributed by atoms with Crippen LogP contribution in [-0.2, 0) is 0 Å². The van der Waals surface area contributed by atoms with Crippen molar-refractivity contribution in [2.75, 3.05) is 62.2 Å². The third-order valence-corrected chi connectivity index (χ3v) is 6.12. The van der Waals surface area contributed by atoms with Gasteiger partial charge < -0.3 is 20.4 Å². The van der Waals surface area contributed by atoms with Gasteiger partial charge in [-0.1, -0.05) is 6.07 Å². The van der Waals surface area contributed by atoms with E-state index in [2.05, 4.69) is 30.4 Å². The number of aromatic nitrogens is 2. The molecule has 1 aromatic heterocycles. The van der Waals surface area contributed by atoms with Gasteiger partial charge in [0.15, 0.2) is 0 Å². The number of nitrogens with one attached hydrogen (secondary N) is 2. The van der Waals surface area contributed by atoms with Gasteiger partial charge in [0.2, 0.25) is 5.95 Å². The first-order valence-corrected chi connectivity index (χ1v) is 11.4. The smallest absolute Gasteiger partial charge is 0.315 e. The van der Waals surface area contributed by atoms with Gasteiger partial charge in [-0.05, 0) is 43.5 Å². The zero-order valence-electron chi connectivity index (χ0n) is 18.6. The molecular weight excluding hydrogens is 409 g/mol. The highest BCUT2D eigenvalue weighted by molar-refractivity contribution is 5.74. The predicted molar refractivity (Wildman–Crippen MR) is 124 cm³/mol. The number of carbonyl (C=O) groups excluding carboxylic acids is 1. The molecule has 1 atom stereocenters. The Kier molecular flexibility index (Phi) is 7.36. The van der Waals surface area contributed by atoms with E-state index in [1.807, 2.05) is 24.0 Å². The van der Waals surface area contributed by atoms with Gasteiger partial charge in [0.25, 0.3) is 0 Å². The molecule has 2 aromatic rings. The number of hydrogen-bond donors (Lipinski definition) is 2. The van der Waals surface area contributed by atoms with Gasteiger partial charge in [-0.2, -0.15) is 0 Å². The molecule has 2 aliphatic heterocycles. The minimum atomic E-state index is -0.209. The van der Waals surface area contributed by atoms with Gasteiger partial charge >= 0.3 is 6.03 Å². The number of anilines is 2. The van der Waals surface area contributed by atoms with E-state index in [-0.39, 0.29) is 17.9 Å². The summed E-state index contributed by atoms with van der Waals surface area (Å²) in [6.45, 7) is 8.39. The zero-order chi connectivity index (χ0) is 22.3. The molecule has 4 rings (SSSR count). The van der Waals surface area contributed by atoms with Crippen LogP contribution >= 0.6 is 0 Å². The maximum Gasteiger partial charge on any atom is 0.315 e. The molecule has 9 heteroatoms. The van der Waals surface area contributed by atoms with E-state index in [1.165, 1.54) is 6.07 Å². The minimum Gasteiger partial charge on any atom is -0.367 e. The van der Waals surface area contributed by atoms with E-state index in [9.17, 15) is 9.18 Å². The van der Waals surface area contributed by atoms with Gasteiger partial charge in [0.1, 0.15) is 5.82 Å². The quantitative estimate of drug-likeness (QED) is 0.714. The first-order valence-electron chi connectivity index (χ1n) is 11.4. The molecule has 2 fully saturated rings. The third-order valence-electron chi connectivity index (χ3n) is 6.12. The van der Waals surface area contributed by atoms with Crippen LogP contribution in [0.4, 0.5) is 20.8 Å². The lowest BCUT2D eigenvalue weighted by Gasteiger charge is -2.35. The molecule has 172 valence electrons. The van der Waals surface area contributed by atoms with Crippen LogP contribution in [0.15, 0.2) is 36.7 Å². The highest BCUT2D eigenvalue weighted by atomic mass is 19.1. The van der Waals surface area contributed by atoms with Gasteiger partial charge in [0, 0.05) is 70.8 Å². The van der Waals surface area contributed by atoms with E-state index in [1.54, 1.807) is 18.5 Å². The van der Waals surface area contributed by atoms with Crippen LogP contribution in [0.1, 0.15) is 18.4 Å². The average molecular weight is 442 g/mol. The molecule has 0 bridgehead atoms. The highest BCUT2D eigenvalue weighted by Gasteiger charge is 2.24. The second-order valence-electron chi connectivity index (χ2n) is 8.52. The van der Waals surface area contributed by atoms with Crippen LogP contribution in [-0.4, -0.2) is 79.3 Å². The SMILES string of the molecule is Cc1ccc(F)c(N2CCCC(NC(=O)NCCN3CCN(c4ncccn4)CC3)C2)c1. The number of amides is 2. The summed E-state index contributed by atoms with van der Waals surface area (Å²) < 4.78 is 14.3. The standard InChI is InChI=1S/C23H32FN7O/c1-18-5-6-20(24)21(16-18)31-10-2-4-19(17-31)28-23(32)27-9-11-29-12-14-30(15-13-29)22-25-7-3-8-26-22/h3,5-8,16,19H,2,4,9-15,17H2,1H3,(H2,27,28,32). The summed E-state index contributed by atoms with van der Waals surface area (Å²) in [5, 5.41) is 6.03. The van der Waals surface area contributed by atoms with Crippen LogP contribution in [0, 0.1) is 12.7 Å². The number of piperidine rings is 1. The monoisotopic (exact) mass is 441 g/mol. The Bertz CT molecular complexity index is 889. The van der Waals surface area contributed by atoms with Crippen molar-refractivity contribution < 1.29 is 9.18 Å². The Morgan fingerprint density at radius 1 is 1.12 bits per heavy atom. The Morgan fingerprint density at radius 2 is 1.91 bits per heavy atom. The molecule has 32 heavy (non-hydrogen) atoms. The molecule has 2 amide bonds. The molecule has 0 radical (unpaired) electrons. The number of rotatable bonds is 6. The van der Waals surface area contributed by atoms with E-state index < -0.39 is 0 Å². The third kappa shape index (κ3) is 5.85. The maximum absolute atomic E-state index is 14.3. The fourth-order valence-corrected chi connectivity index (χ4v) is 4.37. The van der Waals surface area contributed by atoms with Crippen molar-refractivity contribution >= 4 is 17.7 Å². The number of carbonyl (C=O) groups is 1. The second-order valence-corrected chi connectivity index (χ2v) is 8.52. The predicted octanol–water partition coefficient (Wildman–Crippen LogP) is 2.01. The number of nitrogens with zero attached hydrogens (tertiary/aromatic N) is 5. The fourth-order valence-electron chi connectivity index (χ4n) is 4.37. The van der Waals surface area contributed by atoms with Crippen LogP contribution in [0.3, 0.4) is 0 Å². The molecule has 2 aliphatic rings. The van der Waals surface area contributed by atoms with E-state index in [0.717, 1.165) is 63.6 Å². The van der Waals surface area contributed by atoms with Crippen molar-refractivity contribution in [3.05, 3.63) is 48.0 Å². The highest BCUT2D eigenvalue weighted by Crippen LogP contribution is 2.24. The molecular formula is C23H32FN7O. The number of halogens is 1. The summed E-state index contributed by atoms with van der Waals surface area (Å²) in [5.41, 5.74) is 1.66. The van der Waals surface area contributed by atoms with Crippen LogP contribution in [0.5, 0.6) is 0 Å². The Hall–Kier alpha value is -2.94. The molecule has 0 saturated carbocycles. The summed E-state index contributed by atoms with van der Waals surface area (Å²) in [4.78, 5) is 27.6. The first-order chi connectivity index (χ1) is 15.6. The number of piperazine rings is 1. The van der Waals surface area contributed by atoms with Crippen LogP contribution in [0.25, 0.3) is 0 Å². The molecule has 0 spiro atoms. The van der Waals surface area contributed by atoms with E-state index in [0.29, 0.717) is 18.8 Å².